The van der Waals surface area contributed by atoms with E-state index in [0.29, 0.717) is 25.2 Å². The van der Waals surface area contributed by atoms with Crippen molar-refractivity contribution in [3.05, 3.63) is 66.0 Å². The summed E-state index contributed by atoms with van der Waals surface area (Å²) in [5.41, 5.74) is 3.34. The molecule has 1 aromatic heterocycles. The smallest absolute Gasteiger partial charge is 0.139 e. The SMILES string of the molecule is O=C1CC(=NCCc2ccccn2)C[C@@H](c2ccccc2)C1. The molecule has 0 spiro atoms. The van der Waals surface area contributed by atoms with Crippen molar-refractivity contribution in [3.63, 3.8) is 0 Å². The zero-order valence-corrected chi connectivity index (χ0v) is 12.6. The van der Waals surface area contributed by atoms with E-state index in [9.17, 15) is 4.79 Å². The molecule has 3 nitrogen and oxygen atoms in total. The van der Waals surface area contributed by atoms with Gasteiger partial charge in [0.05, 0.1) is 0 Å². The highest BCUT2D eigenvalue weighted by atomic mass is 16.1. The number of aromatic nitrogens is 1. The van der Waals surface area contributed by atoms with E-state index in [1.807, 2.05) is 36.4 Å². The maximum atomic E-state index is 12.0. The van der Waals surface area contributed by atoms with Gasteiger partial charge in [0.1, 0.15) is 5.78 Å². The third-order valence-corrected chi connectivity index (χ3v) is 4.06. The highest BCUT2D eigenvalue weighted by molar-refractivity contribution is 6.05. The minimum absolute atomic E-state index is 0.288. The van der Waals surface area contributed by atoms with E-state index >= 15 is 0 Å². The number of ketones is 1. The third-order valence-electron chi connectivity index (χ3n) is 4.06. The number of Topliss-reactive ketones (excluding diaryl/α,β-unsaturated/α-hetero) is 1. The minimum Gasteiger partial charge on any atom is -0.299 e. The summed E-state index contributed by atoms with van der Waals surface area (Å²) in [6.45, 7) is 0.709. The number of benzene rings is 1. The van der Waals surface area contributed by atoms with E-state index in [2.05, 4.69) is 22.1 Å². The lowest BCUT2D eigenvalue weighted by atomic mass is 9.82. The Morgan fingerprint density at radius 1 is 1.05 bits per heavy atom. The number of pyridine rings is 1. The van der Waals surface area contributed by atoms with Gasteiger partial charge in [0, 0.05) is 43.4 Å². The van der Waals surface area contributed by atoms with Gasteiger partial charge in [0.2, 0.25) is 0 Å². The van der Waals surface area contributed by atoms with E-state index in [4.69, 9.17) is 0 Å². The second kappa shape index (κ2) is 7.12. The number of hydrogen-bond acceptors (Lipinski definition) is 3. The Morgan fingerprint density at radius 2 is 1.86 bits per heavy atom. The van der Waals surface area contributed by atoms with Gasteiger partial charge < -0.3 is 0 Å². The molecule has 3 rings (SSSR count). The van der Waals surface area contributed by atoms with Gasteiger partial charge in [0.25, 0.3) is 0 Å². The lowest BCUT2D eigenvalue weighted by Crippen LogP contribution is -2.22. The van der Waals surface area contributed by atoms with Crippen molar-refractivity contribution in [3.8, 4) is 0 Å². The Kier molecular flexibility index (Phi) is 4.74. The maximum absolute atomic E-state index is 12.0. The number of hydrogen-bond donors (Lipinski definition) is 0. The van der Waals surface area contributed by atoms with Gasteiger partial charge in [0.15, 0.2) is 0 Å². The van der Waals surface area contributed by atoms with E-state index in [1.54, 1.807) is 6.20 Å². The van der Waals surface area contributed by atoms with Crippen LogP contribution >= 0.6 is 0 Å². The fraction of sp³-hybridized carbons (Fsp3) is 0.316. The number of nitrogens with zero attached hydrogens (tertiary/aromatic N) is 2. The Hall–Kier alpha value is -2.29. The monoisotopic (exact) mass is 292 g/mol. The van der Waals surface area contributed by atoms with Crippen molar-refractivity contribution in [2.24, 2.45) is 4.99 Å². The molecule has 22 heavy (non-hydrogen) atoms. The van der Waals surface area contributed by atoms with Crippen LogP contribution in [0, 0.1) is 0 Å². The van der Waals surface area contributed by atoms with Crippen LogP contribution in [0.5, 0.6) is 0 Å². The van der Waals surface area contributed by atoms with E-state index < -0.39 is 0 Å². The molecule has 1 aromatic carbocycles. The predicted octanol–water partition coefficient (Wildman–Crippen LogP) is 3.60. The number of rotatable bonds is 4. The van der Waals surface area contributed by atoms with Crippen LogP contribution in [0.1, 0.15) is 36.4 Å². The second-order valence-corrected chi connectivity index (χ2v) is 5.75. The van der Waals surface area contributed by atoms with Crippen molar-refractivity contribution in [1.29, 1.82) is 0 Å². The fourth-order valence-electron chi connectivity index (χ4n) is 2.96. The molecule has 1 aliphatic carbocycles. The molecule has 1 fully saturated rings. The molecule has 1 saturated carbocycles. The third kappa shape index (κ3) is 3.88. The van der Waals surface area contributed by atoms with Crippen LogP contribution in [0.2, 0.25) is 0 Å². The highest BCUT2D eigenvalue weighted by Gasteiger charge is 2.24. The molecule has 2 aromatic rings. The number of aliphatic imine (C=N–C) groups is 1. The summed E-state index contributed by atoms with van der Waals surface area (Å²) in [6, 6.07) is 16.2. The summed E-state index contributed by atoms with van der Waals surface area (Å²) in [5, 5.41) is 0. The zero-order valence-electron chi connectivity index (χ0n) is 12.6. The van der Waals surface area contributed by atoms with Gasteiger partial charge >= 0.3 is 0 Å². The molecule has 1 aliphatic rings. The maximum Gasteiger partial charge on any atom is 0.139 e. The quantitative estimate of drug-likeness (QED) is 0.864. The van der Waals surface area contributed by atoms with Crippen LogP contribution in [0.4, 0.5) is 0 Å². The predicted molar refractivity (Wildman–Crippen MR) is 88.3 cm³/mol. The Balaban J connectivity index is 1.63. The molecule has 0 bridgehead atoms. The van der Waals surface area contributed by atoms with Gasteiger partial charge in [-0.25, -0.2) is 0 Å². The largest absolute Gasteiger partial charge is 0.299 e. The lowest BCUT2D eigenvalue weighted by Gasteiger charge is -2.23. The zero-order chi connectivity index (χ0) is 15.2. The minimum atomic E-state index is 0.288. The summed E-state index contributed by atoms with van der Waals surface area (Å²) < 4.78 is 0. The van der Waals surface area contributed by atoms with Gasteiger partial charge in [-0.3, -0.25) is 14.8 Å². The van der Waals surface area contributed by atoms with E-state index in [1.165, 1.54) is 5.56 Å². The van der Waals surface area contributed by atoms with Crippen molar-refractivity contribution < 1.29 is 4.79 Å². The number of carbonyl (C=O) groups is 1. The molecule has 0 radical (unpaired) electrons. The van der Waals surface area contributed by atoms with Gasteiger partial charge in [-0.05, 0) is 30.0 Å². The summed E-state index contributed by atoms with van der Waals surface area (Å²) >= 11 is 0. The van der Waals surface area contributed by atoms with Crippen LogP contribution in [0.3, 0.4) is 0 Å². The first-order chi connectivity index (χ1) is 10.8. The van der Waals surface area contributed by atoms with E-state index in [-0.39, 0.29) is 5.92 Å². The van der Waals surface area contributed by atoms with E-state index in [0.717, 1.165) is 24.2 Å². The standard InChI is InChI=1S/C19H20N2O/c22-19-13-16(15-6-2-1-3-7-15)12-18(14-19)21-11-9-17-8-4-5-10-20-17/h1-8,10,16H,9,11-14H2/t16-/m1/s1. The van der Waals surface area contributed by atoms with Gasteiger partial charge in [-0.1, -0.05) is 36.4 Å². The first kappa shape index (κ1) is 14.6. The van der Waals surface area contributed by atoms with Gasteiger partial charge in [-0.2, -0.15) is 0 Å². The van der Waals surface area contributed by atoms with Crippen molar-refractivity contribution in [2.45, 2.75) is 31.6 Å². The summed E-state index contributed by atoms with van der Waals surface area (Å²) in [6.07, 6.45) is 4.69. The molecule has 0 unspecified atom stereocenters. The average Bonchev–Trinajstić information content (AvgIpc) is 2.56. The average molecular weight is 292 g/mol. The molecule has 1 atom stereocenters. The molecule has 3 heteroatoms. The topological polar surface area (TPSA) is 42.3 Å². The first-order valence-electron chi connectivity index (χ1n) is 7.80. The van der Waals surface area contributed by atoms with Crippen LogP contribution < -0.4 is 0 Å². The highest BCUT2D eigenvalue weighted by Crippen LogP contribution is 2.29. The molecule has 0 saturated heterocycles. The summed E-state index contributed by atoms with van der Waals surface area (Å²) in [5.74, 6) is 0.590. The first-order valence-corrected chi connectivity index (χ1v) is 7.80. The number of carbonyl (C=O) groups excluding carboxylic acids is 1. The second-order valence-electron chi connectivity index (χ2n) is 5.75. The molecule has 0 N–H and O–H groups in total. The molecule has 112 valence electrons. The Morgan fingerprint density at radius 3 is 2.64 bits per heavy atom. The van der Waals surface area contributed by atoms with Crippen molar-refractivity contribution in [1.82, 2.24) is 4.98 Å². The molecular weight excluding hydrogens is 272 g/mol. The molecule has 0 aliphatic heterocycles. The molecule has 0 amide bonds. The van der Waals surface area contributed by atoms with Gasteiger partial charge in [-0.15, -0.1) is 0 Å². The van der Waals surface area contributed by atoms with Crippen molar-refractivity contribution >= 4 is 11.5 Å². The molecule has 1 heterocycles. The van der Waals surface area contributed by atoms with Crippen LogP contribution in [0.25, 0.3) is 0 Å². The normalized spacial score (nSPS) is 20.3. The fourth-order valence-corrected chi connectivity index (χ4v) is 2.96. The lowest BCUT2D eigenvalue weighted by molar-refractivity contribution is -0.118. The Bertz CT molecular complexity index is 650. The van der Waals surface area contributed by atoms with Crippen LogP contribution in [-0.4, -0.2) is 23.0 Å². The summed E-state index contributed by atoms with van der Waals surface area (Å²) in [4.78, 5) is 21.0. The Labute approximate surface area is 131 Å². The van der Waals surface area contributed by atoms with Crippen molar-refractivity contribution in [2.75, 3.05) is 6.54 Å². The van der Waals surface area contributed by atoms with Crippen LogP contribution in [-0.2, 0) is 11.2 Å². The summed E-state index contributed by atoms with van der Waals surface area (Å²) in [7, 11) is 0. The van der Waals surface area contributed by atoms with Crippen LogP contribution in [0.15, 0.2) is 59.7 Å². The molecular formula is C19H20N2O.